The van der Waals surface area contributed by atoms with Gasteiger partial charge in [0.15, 0.2) is 0 Å². The Morgan fingerprint density at radius 3 is 2.79 bits per heavy atom. The lowest BCUT2D eigenvalue weighted by molar-refractivity contribution is 0.0708. The van der Waals surface area contributed by atoms with Crippen LogP contribution in [-0.4, -0.2) is 23.4 Å². The minimum absolute atomic E-state index is 0.241. The van der Waals surface area contributed by atoms with Crippen LogP contribution in [0.3, 0.4) is 0 Å². The normalized spacial score (nSPS) is 32.6. The first-order valence-corrected chi connectivity index (χ1v) is 8.79. The molecule has 2 nitrogen and oxygen atoms in total. The van der Waals surface area contributed by atoms with Crippen molar-refractivity contribution in [2.75, 3.05) is 6.54 Å². The van der Waals surface area contributed by atoms with E-state index in [9.17, 15) is 4.79 Å². The van der Waals surface area contributed by atoms with Crippen molar-refractivity contribution in [3.63, 3.8) is 0 Å². The SMILES string of the molecule is CC1(C)CC2CC(C)(CN2C(=O)c2csc(I)c2)C1. The molecule has 2 fully saturated rings. The second-order valence-corrected chi connectivity index (χ2v) is 10.1. The summed E-state index contributed by atoms with van der Waals surface area (Å²) in [5.41, 5.74) is 1.57. The van der Waals surface area contributed by atoms with E-state index in [1.165, 1.54) is 15.7 Å². The van der Waals surface area contributed by atoms with Gasteiger partial charge in [0, 0.05) is 18.0 Å². The molecule has 104 valence electrons. The van der Waals surface area contributed by atoms with Crippen molar-refractivity contribution in [2.45, 2.75) is 46.1 Å². The molecule has 1 amide bonds. The van der Waals surface area contributed by atoms with Gasteiger partial charge in [0.1, 0.15) is 0 Å². The van der Waals surface area contributed by atoms with Crippen LogP contribution in [0.4, 0.5) is 0 Å². The zero-order valence-corrected chi connectivity index (χ0v) is 14.7. The van der Waals surface area contributed by atoms with Gasteiger partial charge in [0.05, 0.1) is 8.45 Å². The van der Waals surface area contributed by atoms with E-state index in [-0.39, 0.29) is 5.91 Å². The molecule has 2 unspecified atom stereocenters. The number of fused-ring (bicyclic) bond motifs is 2. The Labute approximate surface area is 132 Å². The van der Waals surface area contributed by atoms with Gasteiger partial charge in [0.2, 0.25) is 0 Å². The van der Waals surface area contributed by atoms with Gasteiger partial charge in [-0.3, -0.25) is 4.79 Å². The molecule has 19 heavy (non-hydrogen) atoms. The molecule has 0 aromatic carbocycles. The van der Waals surface area contributed by atoms with E-state index in [0.29, 0.717) is 16.9 Å². The summed E-state index contributed by atoms with van der Waals surface area (Å²) >= 11 is 3.94. The molecular weight excluding hydrogens is 369 g/mol. The van der Waals surface area contributed by atoms with Crippen LogP contribution in [0.1, 0.15) is 50.4 Å². The average Bonchev–Trinajstić information content (AvgIpc) is 2.78. The van der Waals surface area contributed by atoms with E-state index in [1.807, 2.05) is 11.4 Å². The number of nitrogens with zero attached hydrogens (tertiary/aromatic N) is 1. The molecule has 1 saturated carbocycles. The smallest absolute Gasteiger partial charge is 0.255 e. The number of thiophene rings is 1. The van der Waals surface area contributed by atoms with Crippen LogP contribution in [0, 0.1) is 13.7 Å². The zero-order valence-electron chi connectivity index (χ0n) is 11.7. The third-order valence-corrected chi connectivity index (χ3v) is 6.28. The van der Waals surface area contributed by atoms with E-state index in [4.69, 9.17) is 0 Å². The summed E-state index contributed by atoms with van der Waals surface area (Å²) in [6.45, 7) is 7.98. The number of rotatable bonds is 1. The zero-order chi connectivity index (χ0) is 13.8. The van der Waals surface area contributed by atoms with E-state index in [0.717, 1.165) is 18.5 Å². The van der Waals surface area contributed by atoms with Gasteiger partial charge in [-0.2, -0.15) is 0 Å². The van der Waals surface area contributed by atoms with Crippen LogP contribution in [0.2, 0.25) is 0 Å². The number of carbonyl (C=O) groups is 1. The minimum atomic E-state index is 0.241. The van der Waals surface area contributed by atoms with Gasteiger partial charge in [-0.25, -0.2) is 0 Å². The average molecular weight is 389 g/mol. The highest BCUT2D eigenvalue weighted by Gasteiger charge is 2.51. The largest absolute Gasteiger partial charge is 0.335 e. The van der Waals surface area contributed by atoms with E-state index in [1.54, 1.807) is 11.3 Å². The Morgan fingerprint density at radius 2 is 2.16 bits per heavy atom. The highest BCUT2D eigenvalue weighted by Crippen LogP contribution is 2.52. The Balaban J connectivity index is 1.86. The number of amides is 1. The second kappa shape index (κ2) is 4.45. The summed E-state index contributed by atoms with van der Waals surface area (Å²) < 4.78 is 1.19. The van der Waals surface area contributed by atoms with Crippen LogP contribution >= 0.6 is 33.9 Å². The van der Waals surface area contributed by atoms with Crippen LogP contribution in [0.5, 0.6) is 0 Å². The van der Waals surface area contributed by atoms with Crippen molar-refractivity contribution in [3.8, 4) is 0 Å². The Bertz CT molecular complexity index is 524. The summed E-state index contributed by atoms with van der Waals surface area (Å²) in [6, 6.07) is 2.46. The minimum Gasteiger partial charge on any atom is -0.335 e. The van der Waals surface area contributed by atoms with Crippen molar-refractivity contribution in [3.05, 3.63) is 19.9 Å². The monoisotopic (exact) mass is 389 g/mol. The van der Waals surface area contributed by atoms with Crippen LogP contribution in [0.15, 0.2) is 11.4 Å². The standard InChI is InChI=1S/C15H20INOS/c1-14(2)5-11-6-15(3,8-14)9-17(11)13(18)10-4-12(16)19-7-10/h4,7,11H,5-6,8-9H2,1-3H3. The predicted octanol–water partition coefficient (Wildman–Crippen LogP) is 4.39. The summed E-state index contributed by atoms with van der Waals surface area (Å²) in [5.74, 6) is 0.241. The van der Waals surface area contributed by atoms with Gasteiger partial charge >= 0.3 is 0 Å². The number of hydrogen-bond acceptors (Lipinski definition) is 2. The predicted molar refractivity (Wildman–Crippen MR) is 87.6 cm³/mol. The molecule has 2 atom stereocenters. The van der Waals surface area contributed by atoms with Crippen molar-refractivity contribution in [2.24, 2.45) is 10.8 Å². The molecule has 1 aromatic rings. The summed E-state index contributed by atoms with van der Waals surface area (Å²) in [5, 5.41) is 2.00. The highest BCUT2D eigenvalue weighted by atomic mass is 127. The fourth-order valence-electron chi connectivity index (χ4n) is 4.29. The van der Waals surface area contributed by atoms with Crippen LogP contribution in [-0.2, 0) is 0 Å². The van der Waals surface area contributed by atoms with Gasteiger partial charge in [-0.1, -0.05) is 20.8 Å². The van der Waals surface area contributed by atoms with Crippen molar-refractivity contribution in [1.82, 2.24) is 4.90 Å². The second-order valence-electron chi connectivity index (χ2n) is 7.29. The molecule has 2 heterocycles. The number of halogens is 1. The molecular formula is C15H20INOS. The maximum absolute atomic E-state index is 12.7. The summed E-state index contributed by atoms with van der Waals surface area (Å²) in [4.78, 5) is 14.8. The van der Waals surface area contributed by atoms with Gasteiger partial charge in [0.25, 0.3) is 5.91 Å². The number of hydrogen-bond donors (Lipinski definition) is 0. The van der Waals surface area contributed by atoms with Crippen molar-refractivity contribution in [1.29, 1.82) is 0 Å². The van der Waals surface area contributed by atoms with E-state index in [2.05, 4.69) is 48.3 Å². The Hall–Kier alpha value is -0.100. The number of carbonyl (C=O) groups excluding carboxylic acids is 1. The molecule has 0 radical (unpaired) electrons. The fraction of sp³-hybridized carbons (Fsp3) is 0.667. The quantitative estimate of drug-likeness (QED) is 0.653. The third kappa shape index (κ3) is 2.58. The maximum Gasteiger partial charge on any atom is 0.255 e. The van der Waals surface area contributed by atoms with E-state index < -0.39 is 0 Å². The molecule has 2 bridgehead atoms. The molecule has 1 aromatic heterocycles. The highest BCUT2D eigenvalue weighted by molar-refractivity contribution is 14.1. The molecule has 4 heteroatoms. The van der Waals surface area contributed by atoms with Crippen LogP contribution in [0.25, 0.3) is 0 Å². The summed E-state index contributed by atoms with van der Waals surface area (Å²) in [7, 11) is 0. The van der Waals surface area contributed by atoms with Crippen molar-refractivity contribution < 1.29 is 4.79 Å². The third-order valence-electron chi connectivity index (χ3n) is 4.49. The first-order valence-electron chi connectivity index (χ1n) is 6.83. The molecule has 2 aliphatic rings. The summed E-state index contributed by atoms with van der Waals surface area (Å²) in [6.07, 6.45) is 3.57. The van der Waals surface area contributed by atoms with Gasteiger partial charge < -0.3 is 4.90 Å². The Morgan fingerprint density at radius 1 is 1.42 bits per heavy atom. The Kier molecular flexibility index (Phi) is 3.25. The molecule has 1 aliphatic carbocycles. The molecule has 3 rings (SSSR count). The first-order chi connectivity index (χ1) is 8.78. The lowest BCUT2D eigenvalue weighted by atomic mass is 9.65. The number of likely N-dealkylation sites (tertiary alicyclic amines) is 1. The van der Waals surface area contributed by atoms with Gasteiger partial charge in [-0.05, 0) is 58.7 Å². The molecule has 0 N–H and O–H groups in total. The molecule has 1 saturated heterocycles. The topological polar surface area (TPSA) is 20.3 Å². The van der Waals surface area contributed by atoms with Crippen LogP contribution < -0.4 is 0 Å². The van der Waals surface area contributed by atoms with Crippen molar-refractivity contribution >= 4 is 39.8 Å². The molecule has 0 spiro atoms. The fourth-order valence-corrected chi connectivity index (χ4v) is 5.61. The van der Waals surface area contributed by atoms with Gasteiger partial charge in [-0.15, -0.1) is 11.3 Å². The lowest BCUT2D eigenvalue weighted by Crippen LogP contribution is -2.37. The van der Waals surface area contributed by atoms with E-state index >= 15 is 0 Å². The molecule has 1 aliphatic heterocycles. The first kappa shape index (κ1) is 13.9. The maximum atomic E-state index is 12.7. The lowest BCUT2D eigenvalue weighted by Gasteiger charge is -2.39.